The normalized spacial score (nSPS) is 12.0. The maximum absolute atomic E-state index is 14.9. The molecule has 0 unspecified atom stereocenters. The summed E-state index contributed by atoms with van der Waals surface area (Å²) in [5, 5.41) is 7.53. The van der Waals surface area contributed by atoms with Crippen LogP contribution in [-0.4, -0.2) is 44.8 Å². The van der Waals surface area contributed by atoms with Gasteiger partial charge in [-0.1, -0.05) is 6.07 Å². The number of nitrogens with one attached hydrogen (secondary N) is 3. The van der Waals surface area contributed by atoms with Gasteiger partial charge < -0.3 is 4.98 Å². The number of fused-ring (bicyclic) bond motifs is 2. The molecule has 0 aliphatic heterocycles. The van der Waals surface area contributed by atoms with Crippen LogP contribution in [-0.2, 0) is 16.6 Å². The largest absolute Gasteiger partial charge is 0.335 e. The number of halogens is 2. The zero-order valence-electron chi connectivity index (χ0n) is 19.8. The average Bonchev–Trinajstić information content (AvgIpc) is 3.51. The molecule has 38 heavy (non-hydrogen) atoms. The van der Waals surface area contributed by atoms with Crippen molar-refractivity contribution in [1.29, 1.82) is 0 Å². The molecule has 2 aromatic carbocycles. The summed E-state index contributed by atoms with van der Waals surface area (Å²) in [6.45, 7) is -0.0585. The lowest BCUT2D eigenvalue weighted by Crippen LogP contribution is -2.21. The molecule has 3 N–H and O–H groups in total. The third kappa shape index (κ3) is 4.51. The number of imidazole rings is 1. The monoisotopic (exact) mass is 531 g/mol. The van der Waals surface area contributed by atoms with Gasteiger partial charge in [-0.3, -0.25) is 10.1 Å². The highest BCUT2D eigenvalue weighted by atomic mass is 32.2. The highest BCUT2D eigenvalue weighted by molar-refractivity contribution is 7.88. The van der Waals surface area contributed by atoms with Crippen molar-refractivity contribution in [3.8, 4) is 33.8 Å². The Bertz CT molecular complexity index is 1940. The fourth-order valence-corrected chi connectivity index (χ4v) is 4.78. The van der Waals surface area contributed by atoms with Gasteiger partial charge in [0, 0.05) is 41.6 Å². The highest BCUT2D eigenvalue weighted by Gasteiger charge is 2.19. The summed E-state index contributed by atoms with van der Waals surface area (Å²) < 4.78 is 54.8. The molecule has 0 amide bonds. The first-order valence-electron chi connectivity index (χ1n) is 11.4. The van der Waals surface area contributed by atoms with Gasteiger partial charge in [-0.15, -0.1) is 0 Å². The Morgan fingerprint density at radius 1 is 1.00 bits per heavy atom. The highest BCUT2D eigenvalue weighted by Crippen LogP contribution is 2.34. The van der Waals surface area contributed by atoms with Crippen LogP contribution in [0.25, 0.3) is 55.8 Å². The summed E-state index contributed by atoms with van der Waals surface area (Å²) in [7, 11) is -3.45. The molecule has 9 nitrogen and oxygen atoms in total. The van der Waals surface area contributed by atoms with Gasteiger partial charge >= 0.3 is 0 Å². The van der Waals surface area contributed by atoms with E-state index in [-0.39, 0.29) is 12.1 Å². The van der Waals surface area contributed by atoms with Crippen LogP contribution in [0.4, 0.5) is 8.78 Å². The van der Waals surface area contributed by atoms with E-state index in [2.05, 4.69) is 34.9 Å². The summed E-state index contributed by atoms with van der Waals surface area (Å²) >= 11 is 0. The van der Waals surface area contributed by atoms with Crippen molar-refractivity contribution in [3.05, 3.63) is 84.3 Å². The van der Waals surface area contributed by atoms with E-state index in [9.17, 15) is 17.2 Å². The molecule has 4 aromatic heterocycles. The molecule has 0 bridgehead atoms. The van der Waals surface area contributed by atoms with E-state index < -0.39 is 21.7 Å². The summed E-state index contributed by atoms with van der Waals surface area (Å²) in [6, 6.07) is 12.8. The van der Waals surface area contributed by atoms with Gasteiger partial charge in [-0.2, -0.15) is 5.10 Å². The van der Waals surface area contributed by atoms with E-state index in [1.165, 1.54) is 18.2 Å². The van der Waals surface area contributed by atoms with Crippen molar-refractivity contribution < 1.29 is 17.2 Å². The SMILES string of the molecule is CS(=O)(=O)NCc1cc(F)cc(-c2ccnc3nc(-c4[nH]nc5c(F)cc(-c6cccnc6)cc45)[nH]c23)c1. The quantitative estimate of drug-likeness (QED) is 0.289. The Hall–Kier alpha value is -4.55. The number of aromatic amines is 2. The van der Waals surface area contributed by atoms with Gasteiger partial charge in [-0.25, -0.2) is 31.9 Å². The van der Waals surface area contributed by atoms with E-state index in [1.54, 1.807) is 36.8 Å². The fourth-order valence-electron chi connectivity index (χ4n) is 4.35. The van der Waals surface area contributed by atoms with Crippen LogP contribution in [0.5, 0.6) is 0 Å². The van der Waals surface area contributed by atoms with Crippen LogP contribution < -0.4 is 4.72 Å². The molecule has 0 spiro atoms. The van der Waals surface area contributed by atoms with Gasteiger partial charge in [0.25, 0.3) is 0 Å². The summed E-state index contributed by atoms with van der Waals surface area (Å²) in [5.74, 6) is -0.634. The van der Waals surface area contributed by atoms with Crippen molar-refractivity contribution in [3.63, 3.8) is 0 Å². The van der Waals surface area contributed by atoms with E-state index in [4.69, 9.17) is 0 Å². The van der Waals surface area contributed by atoms with Gasteiger partial charge in [0.15, 0.2) is 17.3 Å². The maximum Gasteiger partial charge on any atom is 0.209 e. The van der Waals surface area contributed by atoms with Crippen molar-refractivity contribution in [2.24, 2.45) is 0 Å². The number of nitrogens with zero attached hydrogens (tertiary/aromatic N) is 4. The van der Waals surface area contributed by atoms with Gasteiger partial charge in [0.05, 0.1) is 11.8 Å². The molecule has 0 fully saturated rings. The molecule has 190 valence electrons. The predicted molar refractivity (Wildman–Crippen MR) is 139 cm³/mol. The number of sulfonamides is 1. The van der Waals surface area contributed by atoms with Crippen molar-refractivity contribution in [2.75, 3.05) is 6.26 Å². The topological polar surface area (TPSA) is 129 Å². The van der Waals surface area contributed by atoms with Crippen molar-refractivity contribution in [1.82, 2.24) is 34.9 Å². The number of H-pyrrole nitrogens is 2. The molecule has 12 heteroatoms. The van der Waals surface area contributed by atoms with Crippen LogP contribution >= 0.6 is 0 Å². The number of hydrogen-bond donors (Lipinski definition) is 3. The minimum Gasteiger partial charge on any atom is -0.335 e. The van der Waals surface area contributed by atoms with Crippen molar-refractivity contribution in [2.45, 2.75) is 6.54 Å². The third-order valence-electron chi connectivity index (χ3n) is 6.04. The second-order valence-corrected chi connectivity index (χ2v) is 10.6. The maximum atomic E-state index is 14.9. The Kier molecular flexibility index (Phi) is 5.69. The lowest BCUT2D eigenvalue weighted by Gasteiger charge is -2.08. The first kappa shape index (κ1) is 23.8. The number of pyridine rings is 2. The van der Waals surface area contributed by atoms with Gasteiger partial charge in [-0.05, 0) is 59.2 Å². The molecular weight excluding hydrogens is 512 g/mol. The smallest absolute Gasteiger partial charge is 0.209 e. The summed E-state index contributed by atoms with van der Waals surface area (Å²) in [4.78, 5) is 16.2. The first-order chi connectivity index (χ1) is 18.2. The van der Waals surface area contributed by atoms with Crippen LogP contribution in [0.1, 0.15) is 5.56 Å². The van der Waals surface area contributed by atoms with Crippen LogP contribution in [0, 0.1) is 11.6 Å². The summed E-state index contributed by atoms with van der Waals surface area (Å²) in [5.41, 5.74) is 4.48. The lowest BCUT2D eigenvalue weighted by atomic mass is 10.0. The number of rotatable bonds is 6. The van der Waals surface area contributed by atoms with Crippen LogP contribution in [0.2, 0.25) is 0 Å². The van der Waals surface area contributed by atoms with Crippen LogP contribution in [0.3, 0.4) is 0 Å². The molecule has 0 saturated heterocycles. The Morgan fingerprint density at radius 3 is 2.66 bits per heavy atom. The molecule has 0 aliphatic rings. The van der Waals surface area contributed by atoms with Gasteiger partial charge in [0.2, 0.25) is 10.0 Å². The second-order valence-electron chi connectivity index (χ2n) is 8.78. The molecule has 0 atom stereocenters. The molecule has 0 saturated carbocycles. The molecule has 0 radical (unpaired) electrons. The molecule has 6 rings (SSSR count). The average molecular weight is 532 g/mol. The zero-order chi connectivity index (χ0) is 26.4. The van der Waals surface area contributed by atoms with E-state index in [0.717, 1.165) is 11.8 Å². The molecular formula is C26H19F2N7O2S. The third-order valence-corrected chi connectivity index (χ3v) is 6.71. The van der Waals surface area contributed by atoms with Gasteiger partial charge in [0.1, 0.15) is 17.0 Å². The molecule has 4 heterocycles. The Morgan fingerprint density at radius 2 is 1.87 bits per heavy atom. The Balaban J connectivity index is 1.46. The summed E-state index contributed by atoms with van der Waals surface area (Å²) in [6.07, 6.45) is 5.88. The first-order valence-corrected chi connectivity index (χ1v) is 13.3. The Labute approximate surface area is 215 Å². The zero-order valence-corrected chi connectivity index (χ0v) is 20.6. The standard InChI is InChI=1S/C26H19F2N7O2S/c1-38(36,37)31-12-14-7-17(9-18(27)8-14)19-4-6-30-25-23(19)32-26(33-25)24-20-10-16(15-3-2-5-29-13-15)11-21(28)22(20)34-35-24/h2-11,13,31H,12H2,1H3,(H,34,35)(H,30,32,33). The molecule has 0 aliphatic carbocycles. The van der Waals surface area contributed by atoms with E-state index >= 15 is 0 Å². The number of aromatic nitrogens is 6. The minimum absolute atomic E-state index is 0.0585. The second kappa shape index (κ2) is 9.08. The number of hydrogen-bond acceptors (Lipinski definition) is 6. The van der Waals surface area contributed by atoms with Crippen LogP contribution in [0.15, 0.2) is 67.1 Å². The fraction of sp³-hybridized carbons (Fsp3) is 0.0769. The number of benzene rings is 2. The van der Waals surface area contributed by atoms with E-state index in [0.29, 0.717) is 50.3 Å². The lowest BCUT2D eigenvalue weighted by molar-refractivity contribution is 0.586. The molecule has 6 aromatic rings. The van der Waals surface area contributed by atoms with Crippen molar-refractivity contribution >= 4 is 32.1 Å². The van der Waals surface area contributed by atoms with E-state index in [1.807, 2.05) is 12.1 Å². The minimum atomic E-state index is -3.45. The predicted octanol–water partition coefficient (Wildman–Crippen LogP) is 4.56.